The summed E-state index contributed by atoms with van der Waals surface area (Å²) in [5, 5.41) is 31.0. The molecule has 0 spiro atoms. The summed E-state index contributed by atoms with van der Waals surface area (Å²) in [6, 6.07) is 4.98. The van der Waals surface area contributed by atoms with E-state index in [4.69, 9.17) is 9.84 Å². The third-order valence-corrected chi connectivity index (χ3v) is 4.03. The van der Waals surface area contributed by atoms with E-state index in [-0.39, 0.29) is 24.8 Å². The van der Waals surface area contributed by atoms with Crippen molar-refractivity contribution in [3.05, 3.63) is 29.8 Å². The van der Waals surface area contributed by atoms with Crippen molar-refractivity contribution in [3.63, 3.8) is 0 Å². The van der Waals surface area contributed by atoms with Crippen molar-refractivity contribution >= 4 is 12.0 Å². The quantitative estimate of drug-likeness (QED) is 0.628. The number of amides is 2. The lowest BCUT2D eigenvalue weighted by molar-refractivity contribution is -0.136. The van der Waals surface area contributed by atoms with Gasteiger partial charge in [-0.3, -0.25) is 4.79 Å². The molecule has 0 bridgehead atoms. The van der Waals surface area contributed by atoms with Gasteiger partial charge in [-0.25, -0.2) is 4.79 Å². The van der Waals surface area contributed by atoms with Crippen LogP contribution in [-0.2, 0) is 16.0 Å². The number of benzene rings is 1. The van der Waals surface area contributed by atoms with Crippen LogP contribution in [-0.4, -0.2) is 57.3 Å². The molecule has 0 radical (unpaired) electrons. The van der Waals surface area contributed by atoms with Gasteiger partial charge in [-0.1, -0.05) is 32.0 Å². The minimum atomic E-state index is -1.29. The van der Waals surface area contributed by atoms with Crippen LogP contribution in [0.1, 0.15) is 19.4 Å². The predicted octanol–water partition coefficient (Wildman–Crippen LogP) is 0.730. The van der Waals surface area contributed by atoms with Crippen LogP contribution in [0.5, 0.6) is 5.75 Å². The van der Waals surface area contributed by atoms with Crippen LogP contribution in [0.4, 0.5) is 4.79 Å². The van der Waals surface area contributed by atoms with Crippen LogP contribution in [0.15, 0.2) is 24.3 Å². The van der Waals surface area contributed by atoms with Gasteiger partial charge in [-0.2, -0.15) is 0 Å². The highest BCUT2D eigenvalue weighted by atomic mass is 16.6. The standard InChI is InChI=1S/C16H22N2O6/c1-9(2)13(17-16(22)23)14(20)18-8-24-15(21)11(18)7-10-5-3-4-6-12(10)19/h3-6,9,11,13,15,17,19,21H,7-8H2,1-2H3,(H,22,23). The minimum Gasteiger partial charge on any atom is -0.508 e. The van der Waals surface area contributed by atoms with E-state index in [0.717, 1.165) is 0 Å². The Labute approximate surface area is 139 Å². The molecule has 8 heteroatoms. The SMILES string of the molecule is CC(C)C(NC(=O)O)C(=O)N1COC(O)C1Cc1ccccc1O. The Hall–Kier alpha value is -2.32. The van der Waals surface area contributed by atoms with Crippen LogP contribution in [0.25, 0.3) is 0 Å². The lowest BCUT2D eigenvalue weighted by atomic mass is 10.00. The lowest BCUT2D eigenvalue weighted by Crippen LogP contribution is -2.53. The number of hydrogen-bond acceptors (Lipinski definition) is 5. The highest BCUT2D eigenvalue weighted by molar-refractivity contribution is 5.86. The Morgan fingerprint density at radius 2 is 2.04 bits per heavy atom. The molecule has 0 aliphatic carbocycles. The van der Waals surface area contributed by atoms with E-state index < -0.39 is 30.4 Å². The molecule has 1 aromatic rings. The normalized spacial score (nSPS) is 21.8. The van der Waals surface area contributed by atoms with Crippen LogP contribution in [0.2, 0.25) is 0 Å². The third-order valence-electron chi connectivity index (χ3n) is 4.03. The Kier molecular flexibility index (Phi) is 5.63. The highest BCUT2D eigenvalue weighted by Crippen LogP contribution is 2.25. The van der Waals surface area contributed by atoms with E-state index in [1.165, 1.54) is 11.0 Å². The first-order valence-corrected chi connectivity index (χ1v) is 7.67. The number of carboxylic acid groups (broad SMARTS) is 1. The van der Waals surface area contributed by atoms with E-state index in [9.17, 15) is 19.8 Å². The fourth-order valence-electron chi connectivity index (χ4n) is 2.69. The molecule has 132 valence electrons. The largest absolute Gasteiger partial charge is 0.508 e. The maximum absolute atomic E-state index is 12.7. The maximum Gasteiger partial charge on any atom is 0.405 e. The maximum atomic E-state index is 12.7. The Morgan fingerprint density at radius 1 is 1.38 bits per heavy atom. The molecule has 3 unspecified atom stereocenters. The zero-order valence-electron chi connectivity index (χ0n) is 13.5. The molecule has 24 heavy (non-hydrogen) atoms. The van der Waals surface area contributed by atoms with Crippen molar-refractivity contribution < 1.29 is 29.6 Å². The number of aromatic hydroxyl groups is 1. The van der Waals surface area contributed by atoms with Crippen molar-refractivity contribution in [2.24, 2.45) is 5.92 Å². The van der Waals surface area contributed by atoms with Crippen LogP contribution >= 0.6 is 0 Å². The van der Waals surface area contributed by atoms with Gasteiger partial charge in [0.25, 0.3) is 0 Å². The second-order valence-electron chi connectivity index (χ2n) is 6.07. The molecule has 2 amide bonds. The molecule has 0 saturated carbocycles. The van der Waals surface area contributed by atoms with Gasteiger partial charge < -0.3 is 30.3 Å². The summed E-state index contributed by atoms with van der Waals surface area (Å²) < 4.78 is 5.15. The molecule has 4 N–H and O–H groups in total. The first kappa shape index (κ1) is 18.0. The van der Waals surface area contributed by atoms with E-state index in [1.54, 1.807) is 32.0 Å². The number of carbonyl (C=O) groups is 2. The number of hydrogen-bond donors (Lipinski definition) is 4. The molecule has 0 aromatic heterocycles. The molecule has 1 aliphatic heterocycles. The Morgan fingerprint density at radius 3 is 2.62 bits per heavy atom. The number of nitrogens with one attached hydrogen (secondary N) is 1. The fraction of sp³-hybridized carbons (Fsp3) is 0.500. The molecular formula is C16H22N2O6. The number of nitrogens with zero attached hydrogens (tertiary/aromatic N) is 1. The number of carbonyl (C=O) groups excluding carboxylic acids is 1. The Bertz CT molecular complexity index is 606. The number of phenolic OH excluding ortho intramolecular Hbond substituents is 1. The van der Waals surface area contributed by atoms with E-state index in [2.05, 4.69) is 5.32 Å². The summed E-state index contributed by atoms with van der Waals surface area (Å²) in [6.45, 7) is 3.32. The van der Waals surface area contributed by atoms with Gasteiger partial charge in [0.1, 0.15) is 18.5 Å². The summed E-state index contributed by atoms with van der Waals surface area (Å²) in [5.74, 6) is -0.672. The summed E-state index contributed by atoms with van der Waals surface area (Å²) >= 11 is 0. The number of ether oxygens (including phenoxy) is 1. The van der Waals surface area contributed by atoms with Gasteiger partial charge in [0.2, 0.25) is 5.91 Å². The first-order valence-electron chi connectivity index (χ1n) is 7.67. The van der Waals surface area contributed by atoms with E-state index >= 15 is 0 Å². The molecule has 8 nitrogen and oxygen atoms in total. The topological polar surface area (TPSA) is 119 Å². The number of rotatable bonds is 5. The molecule has 1 saturated heterocycles. The fourth-order valence-corrected chi connectivity index (χ4v) is 2.69. The van der Waals surface area contributed by atoms with Gasteiger partial charge in [0.15, 0.2) is 6.29 Å². The molecule has 1 heterocycles. The van der Waals surface area contributed by atoms with Crippen LogP contribution < -0.4 is 5.32 Å². The third kappa shape index (κ3) is 3.95. The molecular weight excluding hydrogens is 316 g/mol. The summed E-state index contributed by atoms with van der Waals surface area (Å²) in [4.78, 5) is 24.9. The second-order valence-corrected chi connectivity index (χ2v) is 6.07. The van der Waals surface area contributed by atoms with Gasteiger partial charge in [-0.15, -0.1) is 0 Å². The van der Waals surface area contributed by atoms with Gasteiger partial charge in [0, 0.05) is 6.42 Å². The molecule has 2 rings (SSSR count). The van der Waals surface area contributed by atoms with Crippen molar-refractivity contribution in [2.75, 3.05) is 6.73 Å². The highest BCUT2D eigenvalue weighted by Gasteiger charge is 2.41. The summed E-state index contributed by atoms with van der Waals surface area (Å²) in [6.07, 6.45) is -2.30. The van der Waals surface area contributed by atoms with E-state index in [0.29, 0.717) is 5.56 Å². The van der Waals surface area contributed by atoms with Crippen molar-refractivity contribution in [2.45, 2.75) is 38.6 Å². The van der Waals surface area contributed by atoms with Gasteiger partial charge in [-0.05, 0) is 17.5 Å². The van der Waals surface area contributed by atoms with Crippen molar-refractivity contribution in [1.82, 2.24) is 10.2 Å². The first-order chi connectivity index (χ1) is 11.3. The zero-order chi connectivity index (χ0) is 17.9. The lowest BCUT2D eigenvalue weighted by Gasteiger charge is -2.29. The van der Waals surface area contributed by atoms with Crippen molar-refractivity contribution in [1.29, 1.82) is 0 Å². The molecule has 1 aliphatic rings. The average molecular weight is 338 g/mol. The molecule has 1 fully saturated rings. The molecule has 1 aromatic carbocycles. The molecule has 3 atom stereocenters. The average Bonchev–Trinajstić information content (AvgIpc) is 2.87. The summed E-state index contributed by atoms with van der Waals surface area (Å²) in [5.41, 5.74) is 0.567. The van der Waals surface area contributed by atoms with E-state index in [1.807, 2.05) is 0 Å². The van der Waals surface area contributed by atoms with Gasteiger partial charge in [0.05, 0.1) is 6.04 Å². The number of phenols is 1. The minimum absolute atomic E-state index is 0.0630. The number of aliphatic hydroxyl groups excluding tert-OH is 1. The zero-order valence-corrected chi connectivity index (χ0v) is 13.5. The van der Waals surface area contributed by atoms with Gasteiger partial charge >= 0.3 is 6.09 Å². The predicted molar refractivity (Wildman–Crippen MR) is 84.2 cm³/mol. The van der Waals surface area contributed by atoms with Crippen molar-refractivity contribution in [3.8, 4) is 5.75 Å². The monoisotopic (exact) mass is 338 g/mol. The Balaban J connectivity index is 2.19. The second kappa shape index (κ2) is 7.50. The number of para-hydroxylation sites is 1. The van der Waals surface area contributed by atoms with Crippen LogP contribution in [0, 0.1) is 5.92 Å². The smallest absolute Gasteiger partial charge is 0.405 e. The van der Waals surface area contributed by atoms with Crippen LogP contribution in [0.3, 0.4) is 0 Å². The summed E-state index contributed by atoms with van der Waals surface area (Å²) in [7, 11) is 0. The number of aliphatic hydroxyl groups is 1.